The van der Waals surface area contributed by atoms with Crippen molar-refractivity contribution in [2.45, 2.75) is 6.92 Å². The fourth-order valence-electron chi connectivity index (χ4n) is 1.21. The molecule has 0 aliphatic carbocycles. The van der Waals surface area contributed by atoms with E-state index >= 15 is 0 Å². The molecule has 4 nitrogen and oxygen atoms in total. The lowest BCUT2D eigenvalue weighted by molar-refractivity contribution is 0.261. The molecule has 0 spiro atoms. The van der Waals surface area contributed by atoms with Crippen LogP contribution in [0.2, 0.25) is 0 Å². The predicted molar refractivity (Wildman–Crippen MR) is 64.5 cm³/mol. The lowest BCUT2D eigenvalue weighted by Crippen LogP contribution is -2.19. The summed E-state index contributed by atoms with van der Waals surface area (Å²) in [6, 6.07) is 7.53. The average Bonchev–Trinajstić information content (AvgIpc) is 2.28. The topological polar surface area (TPSA) is 45.1 Å². The summed E-state index contributed by atoms with van der Waals surface area (Å²) in [6.07, 6.45) is 0. The van der Waals surface area contributed by atoms with Crippen molar-refractivity contribution in [1.29, 1.82) is 0 Å². The number of likely N-dealkylation sites (N-methyl/N-ethyl adjacent to an activating group) is 1. The Morgan fingerprint density at radius 2 is 2.19 bits per heavy atom. The fourth-order valence-corrected chi connectivity index (χ4v) is 1.21. The molecular weight excluding hydrogens is 204 g/mol. The molecule has 4 heteroatoms. The molecule has 0 bridgehead atoms. The Morgan fingerprint density at radius 3 is 2.81 bits per heavy atom. The highest BCUT2D eigenvalue weighted by molar-refractivity contribution is 5.98. The summed E-state index contributed by atoms with van der Waals surface area (Å²) in [4.78, 5) is 2.06. The lowest BCUT2D eigenvalue weighted by atomic mass is 10.1. The first kappa shape index (κ1) is 12.5. The predicted octanol–water partition coefficient (Wildman–Crippen LogP) is 1.83. The Hall–Kier alpha value is -1.55. The zero-order valence-corrected chi connectivity index (χ0v) is 9.97. The van der Waals surface area contributed by atoms with Crippen molar-refractivity contribution in [3.63, 3.8) is 0 Å². The van der Waals surface area contributed by atoms with Gasteiger partial charge >= 0.3 is 0 Å². The van der Waals surface area contributed by atoms with Gasteiger partial charge in [-0.1, -0.05) is 17.3 Å². The van der Waals surface area contributed by atoms with Gasteiger partial charge in [-0.2, -0.15) is 0 Å². The molecule has 0 fully saturated rings. The maximum atomic E-state index is 8.67. The van der Waals surface area contributed by atoms with E-state index in [0.29, 0.717) is 12.3 Å². The first-order valence-corrected chi connectivity index (χ1v) is 5.20. The van der Waals surface area contributed by atoms with Crippen LogP contribution in [0.15, 0.2) is 29.4 Å². The minimum Gasteiger partial charge on any atom is -0.492 e. The second-order valence-corrected chi connectivity index (χ2v) is 3.86. The van der Waals surface area contributed by atoms with Gasteiger partial charge in [0.05, 0.1) is 5.71 Å². The minimum absolute atomic E-state index is 0.582. The number of hydrogen-bond acceptors (Lipinski definition) is 4. The minimum atomic E-state index is 0.582. The van der Waals surface area contributed by atoms with E-state index in [2.05, 4.69) is 10.1 Å². The van der Waals surface area contributed by atoms with Crippen LogP contribution < -0.4 is 4.74 Å². The van der Waals surface area contributed by atoms with Gasteiger partial charge in [0.15, 0.2) is 0 Å². The van der Waals surface area contributed by atoms with Gasteiger partial charge in [0.1, 0.15) is 12.4 Å². The molecule has 88 valence electrons. The first-order valence-electron chi connectivity index (χ1n) is 5.20. The van der Waals surface area contributed by atoms with E-state index in [9.17, 15) is 0 Å². The summed E-state index contributed by atoms with van der Waals surface area (Å²) in [6.45, 7) is 3.27. The van der Waals surface area contributed by atoms with Crippen LogP contribution in [0.25, 0.3) is 0 Å². The standard InChI is InChI=1S/C12H18N2O2/c1-10(13-15)11-5-4-6-12(9-11)16-8-7-14(2)3/h4-6,9,15H,7-8H2,1-3H3/b13-10+. The summed E-state index contributed by atoms with van der Waals surface area (Å²) in [5.41, 5.74) is 1.45. The molecule has 0 aromatic heterocycles. The van der Waals surface area contributed by atoms with Crippen LogP contribution in [0.3, 0.4) is 0 Å². The number of hydrogen-bond donors (Lipinski definition) is 1. The number of nitrogens with zero attached hydrogens (tertiary/aromatic N) is 2. The second kappa shape index (κ2) is 6.12. The molecule has 1 aromatic rings. The molecule has 1 aromatic carbocycles. The van der Waals surface area contributed by atoms with Crippen molar-refractivity contribution >= 4 is 5.71 Å². The van der Waals surface area contributed by atoms with Gasteiger partial charge in [0.2, 0.25) is 0 Å². The van der Waals surface area contributed by atoms with Gasteiger partial charge in [0, 0.05) is 12.1 Å². The quantitative estimate of drug-likeness (QED) is 0.469. The van der Waals surface area contributed by atoms with Crippen molar-refractivity contribution in [1.82, 2.24) is 4.90 Å². The SMILES string of the molecule is C/C(=N\O)c1cccc(OCCN(C)C)c1. The largest absolute Gasteiger partial charge is 0.492 e. The van der Waals surface area contributed by atoms with Gasteiger partial charge in [-0.05, 0) is 33.2 Å². The van der Waals surface area contributed by atoms with E-state index in [-0.39, 0.29) is 0 Å². The Morgan fingerprint density at radius 1 is 1.44 bits per heavy atom. The van der Waals surface area contributed by atoms with Crippen LogP contribution in [0.4, 0.5) is 0 Å². The van der Waals surface area contributed by atoms with E-state index in [1.807, 2.05) is 38.4 Å². The van der Waals surface area contributed by atoms with E-state index in [1.54, 1.807) is 6.92 Å². The van der Waals surface area contributed by atoms with Crippen LogP contribution in [-0.2, 0) is 0 Å². The molecule has 0 atom stereocenters. The second-order valence-electron chi connectivity index (χ2n) is 3.86. The highest BCUT2D eigenvalue weighted by Crippen LogP contribution is 2.13. The number of oxime groups is 1. The van der Waals surface area contributed by atoms with Crippen LogP contribution in [0, 0.1) is 0 Å². The van der Waals surface area contributed by atoms with E-state index in [4.69, 9.17) is 9.94 Å². The van der Waals surface area contributed by atoms with Crippen molar-refractivity contribution in [2.24, 2.45) is 5.16 Å². The zero-order valence-electron chi connectivity index (χ0n) is 9.97. The fraction of sp³-hybridized carbons (Fsp3) is 0.417. The highest BCUT2D eigenvalue weighted by atomic mass is 16.5. The number of rotatable bonds is 5. The Kier molecular flexibility index (Phi) is 4.79. The maximum absolute atomic E-state index is 8.67. The molecule has 0 unspecified atom stereocenters. The molecule has 1 rings (SSSR count). The number of benzene rings is 1. The smallest absolute Gasteiger partial charge is 0.120 e. The third-order valence-corrected chi connectivity index (χ3v) is 2.21. The van der Waals surface area contributed by atoms with Crippen LogP contribution in [0.1, 0.15) is 12.5 Å². The van der Waals surface area contributed by atoms with Crippen molar-refractivity contribution in [3.8, 4) is 5.75 Å². The molecule has 0 aliphatic rings. The van der Waals surface area contributed by atoms with E-state index in [1.165, 1.54) is 0 Å². The summed E-state index contributed by atoms with van der Waals surface area (Å²) < 4.78 is 5.57. The van der Waals surface area contributed by atoms with Gasteiger partial charge in [-0.15, -0.1) is 0 Å². The molecule has 1 N–H and O–H groups in total. The zero-order chi connectivity index (χ0) is 12.0. The maximum Gasteiger partial charge on any atom is 0.120 e. The normalized spacial score (nSPS) is 11.9. The van der Waals surface area contributed by atoms with Crippen LogP contribution in [-0.4, -0.2) is 43.1 Å². The van der Waals surface area contributed by atoms with E-state index < -0.39 is 0 Å². The van der Waals surface area contributed by atoms with Crippen molar-refractivity contribution in [3.05, 3.63) is 29.8 Å². The third kappa shape index (κ3) is 3.90. The van der Waals surface area contributed by atoms with E-state index in [0.717, 1.165) is 17.9 Å². The molecule has 0 saturated carbocycles. The Balaban J connectivity index is 2.61. The summed E-state index contributed by atoms with van der Waals surface area (Å²) in [7, 11) is 4.00. The Labute approximate surface area is 96.1 Å². The molecule has 0 aliphatic heterocycles. The highest BCUT2D eigenvalue weighted by Gasteiger charge is 2.00. The molecule has 16 heavy (non-hydrogen) atoms. The summed E-state index contributed by atoms with van der Waals surface area (Å²) in [5, 5.41) is 11.8. The van der Waals surface area contributed by atoms with Crippen molar-refractivity contribution in [2.75, 3.05) is 27.2 Å². The summed E-state index contributed by atoms with van der Waals surface area (Å²) in [5.74, 6) is 0.794. The molecule has 0 radical (unpaired) electrons. The molecule has 0 heterocycles. The van der Waals surface area contributed by atoms with Gasteiger partial charge in [-0.3, -0.25) is 0 Å². The summed E-state index contributed by atoms with van der Waals surface area (Å²) >= 11 is 0. The monoisotopic (exact) mass is 222 g/mol. The van der Waals surface area contributed by atoms with Crippen LogP contribution >= 0.6 is 0 Å². The third-order valence-electron chi connectivity index (χ3n) is 2.21. The molecule has 0 amide bonds. The Bertz CT molecular complexity index is 362. The molecular formula is C12H18N2O2. The number of ether oxygens (including phenoxy) is 1. The molecule has 0 saturated heterocycles. The first-order chi connectivity index (χ1) is 7.63. The van der Waals surface area contributed by atoms with Gasteiger partial charge in [-0.25, -0.2) is 0 Å². The van der Waals surface area contributed by atoms with Gasteiger partial charge in [0.25, 0.3) is 0 Å². The van der Waals surface area contributed by atoms with Crippen LogP contribution in [0.5, 0.6) is 5.75 Å². The van der Waals surface area contributed by atoms with Gasteiger partial charge < -0.3 is 14.8 Å². The lowest BCUT2D eigenvalue weighted by Gasteiger charge is -2.11. The van der Waals surface area contributed by atoms with Crippen molar-refractivity contribution < 1.29 is 9.94 Å². The average molecular weight is 222 g/mol.